The molecule has 0 saturated carbocycles. The van der Waals surface area contributed by atoms with Gasteiger partial charge in [-0.3, -0.25) is 4.90 Å². The minimum atomic E-state index is -3.66. The highest BCUT2D eigenvalue weighted by Gasteiger charge is 2.21. The first-order valence-electron chi connectivity index (χ1n) is 8.84. The van der Waals surface area contributed by atoms with Crippen LogP contribution in [0.2, 0.25) is 10.0 Å². The topological polar surface area (TPSA) is 52.7 Å². The number of hydrogen-bond donors (Lipinski definition) is 1. The summed E-state index contributed by atoms with van der Waals surface area (Å²) < 4.78 is 27.7. The summed E-state index contributed by atoms with van der Waals surface area (Å²) in [4.78, 5) is 4.67. The van der Waals surface area contributed by atoms with Crippen LogP contribution in [0.25, 0.3) is 0 Å². The Morgan fingerprint density at radius 3 is 2.33 bits per heavy atom. The number of sulfonamides is 1. The van der Waals surface area contributed by atoms with Crippen molar-refractivity contribution in [1.29, 1.82) is 0 Å². The van der Waals surface area contributed by atoms with Gasteiger partial charge in [-0.1, -0.05) is 41.4 Å². The maximum atomic E-state index is 12.5. The second-order valence-corrected chi connectivity index (χ2v) is 9.14. The van der Waals surface area contributed by atoms with Gasteiger partial charge in [-0.05, 0) is 36.8 Å². The molecule has 8 heteroatoms. The molecule has 27 heavy (non-hydrogen) atoms. The third kappa shape index (κ3) is 5.15. The van der Waals surface area contributed by atoms with Crippen molar-refractivity contribution in [2.75, 3.05) is 44.2 Å². The molecule has 1 fully saturated rings. The number of nitrogens with zero attached hydrogens (tertiary/aromatic N) is 2. The molecule has 3 rings (SSSR count). The van der Waals surface area contributed by atoms with Gasteiger partial charge in [0.25, 0.3) is 0 Å². The van der Waals surface area contributed by atoms with E-state index >= 15 is 0 Å². The first-order valence-corrected chi connectivity index (χ1v) is 11.1. The number of nitrogens with one attached hydrogen (secondary N) is 1. The Morgan fingerprint density at radius 2 is 1.67 bits per heavy atom. The van der Waals surface area contributed by atoms with Crippen LogP contribution in [0.1, 0.15) is 5.56 Å². The zero-order chi connectivity index (χ0) is 19.4. The number of para-hydroxylation sites is 1. The highest BCUT2D eigenvalue weighted by molar-refractivity contribution is 7.89. The Bertz CT molecular complexity index is 883. The monoisotopic (exact) mass is 427 g/mol. The van der Waals surface area contributed by atoms with Gasteiger partial charge < -0.3 is 4.90 Å². The van der Waals surface area contributed by atoms with Gasteiger partial charge in [-0.25, -0.2) is 13.1 Å². The molecule has 1 aliphatic heterocycles. The summed E-state index contributed by atoms with van der Waals surface area (Å²) in [6, 6.07) is 13.3. The lowest BCUT2D eigenvalue weighted by molar-refractivity contribution is 0.262. The number of aryl methyl sites for hydroxylation is 1. The average molecular weight is 428 g/mol. The minimum Gasteiger partial charge on any atom is -0.369 e. The standard InChI is InChI=1S/C19H23Cl2N3O2S/c1-15-13-19(18(21)14-17(15)20)27(25,26)22-7-8-23-9-11-24(12-10-23)16-5-3-2-4-6-16/h2-6,13-14,22H,7-12H2,1H3. The summed E-state index contributed by atoms with van der Waals surface area (Å²) in [7, 11) is -3.66. The van der Waals surface area contributed by atoms with Gasteiger partial charge in [-0.15, -0.1) is 0 Å². The number of piperazine rings is 1. The maximum Gasteiger partial charge on any atom is 0.242 e. The lowest BCUT2D eigenvalue weighted by atomic mass is 10.2. The van der Waals surface area contributed by atoms with Crippen LogP contribution in [0, 0.1) is 6.92 Å². The van der Waals surface area contributed by atoms with E-state index in [0.29, 0.717) is 23.7 Å². The van der Waals surface area contributed by atoms with Gasteiger partial charge in [0.2, 0.25) is 10.0 Å². The molecule has 0 spiro atoms. The molecule has 0 atom stereocenters. The van der Waals surface area contributed by atoms with Crippen LogP contribution in [0.5, 0.6) is 0 Å². The Labute approximate surface area is 170 Å². The molecule has 1 aliphatic rings. The van der Waals surface area contributed by atoms with Crippen molar-refractivity contribution in [1.82, 2.24) is 9.62 Å². The van der Waals surface area contributed by atoms with Crippen molar-refractivity contribution in [3.63, 3.8) is 0 Å². The number of rotatable bonds is 6. The predicted octanol–water partition coefficient (Wildman–Crippen LogP) is 3.40. The SMILES string of the molecule is Cc1cc(S(=O)(=O)NCCN2CCN(c3ccccc3)CC2)c(Cl)cc1Cl. The van der Waals surface area contributed by atoms with Gasteiger partial charge in [-0.2, -0.15) is 0 Å². The smallest absolute Gasteiger partial charge is 0.242 e. The van der Waals surface area contributed by atoms with Crippen LogP contribution in [-0.2, 0) is 10.0 Å². The van der Waals surface area contributed by atoms with Crippen molar-refractivity contribution < 1.29 is 8.42 Å². The number of anilines is 1. The van der Waals surface area contributed by atoms with Crippen molar-refractivity contribution in [3.8, 4) is 0 Å². The van der Waals surface area contributed by atoms with Crippen LogP contribution in [-0.4, -0.2) is 52.6 Å². The van der Waals surface area contributed by atoms with Crippen LogP contribution < -0.4 is 9.62 Å². The van der Waals surface area contributed by atoms with Crippen LogP contribution >= 0.6 is 23.2 Å². The van der Waals surface area contributed by atoms with E-state index in [1.807, 2.05) is 18.2 Å². The van der Waals surface area contributed by atoms with E-state index in [9.17, 15) is 8.42 Å². The van der Waals surface area contributed by atoms with E-state index in [2.05, 4.69) is 26.7 Å². The molecule has 1 saturated heterocycles. The number of benzene rings is 2. The van der Waals surface area contributed by atoms with Crippen molar-refractivity contribution >= 4 is 38.9 Å². The molecule has 5 nitrogen and oxygen atoms in total. The Kier molecular flexibility index (Phi) is 6.65. The summed E-state index contributed by atoms with van der Waals surface area (Å²) in [5.41, 5.74) is 1.91. The summed E-state index contributed by atoms with van der Waals surface area (Å²) in [6.07, 6.45) is 0. The fraction of sp³-hybridized carbons (Fsp3) is 0.368. The molecule has 146 valence electrons. The highest BCUT2D eigenvalue weighted by atomic mass is 35.5. The Morgan fingerprint density at radius 1 is 1.00 bits per heavy atom. The molecule has 0 bridgehead atoms. The summed E-state index contributed by atoms with van der Waals surface area (Å²) >= 11 is 12.1. The molecule has 2 aromatic carbocycles. The molecule has 1 heterocycles. The summed E-state index contributed by atoms with van der Waals surface area (Å²) in [6.45, 7) is 6.41. The van der Waals surface area contributed by atoms with E-state index in [1.54, 1.807) is 6.92 Å². The van der Waals surface area contributed by atoms with Gasteiger partial charge in [0.1, 0.15) is 4.90 Å². The molecule has 1 N–H and O–H groups in total. The number of hydrogen-bond acceptors (Lipinski definition) is 4. The van der Waals surface area contributed by atoms with E-state index in [-0.39, 0.29) is 9.92 Å². The van der Waals surface area contributed by atoms with E-state index in [1.165, 1.54) is 17.8 Å². The number of halogens is 2. The molecule has 0 radical (unpaired) electrons. The highest BCUT2D eigenvalue weighted by Crippen LogP contribution is 2.28. The summed E-state index contributed by atoms with van der Waals surface area (Å²) in [5, 5.41) is 0.588. The maximum absolute atomic E-state index is 12.5. The van der Waals surface area contributed by atoms with Crippen molar-refractivity contribution in [2.24, 2.45) is 0 Å². The molecular weight excluding hydrogens is 405 g/mol. The van der Waals surface area contributed by atoms with E-state index in [0.717, 1.165) is 26.2 Å². The molecule has 0 aromatic heterocycles. The van der Waals surface area contributed by atoms with Crippen molar-refractivity contribution in [2.45, 2.75) is 11.8 Å². The second-order valence-electron chi connectivity index (χ2n) is 6.59. The first kappa shape index (κ1) is 20.4. The minimum absolute atomic E-state index is 0.0694. The second kappa shape index (κ2) is 8.80. The van der Waals surface area contributed by atoms with E-state index in [4.69, 9.17) is 23.2 Å². The lowest BCUT2D eigenvalue weighted by Gasteiger charge is -2.36. The van der Waals surface area contributed by atoms with Crippen LogP contribution in [0.3, 0.4) is 0 Å². The van der Waals surface area contributed by atoms with Gasteiger partial charge in [0, 0.05) is 50.0 Å². The predicted molar refractivity (Wildman–Crippen MR) is 111 cm³/mol. The molecular formula is C19H23Cl2N3O2S. The quantitative estimate of drug-likeness (QED) is 0.767. The van der Waals surface area contributed by atoms with E-state index < -0.39 is 10.0 Å². The summed E-state index contributed by atoms with van der Waals surface area (Å²) in [5.74, 6) is 0. The van der Waals surface area contributed by atoms with Gasteiger partial charge in [0.15, 0.2) is 0 Å². The average Bonchev–Trinajstić information content (AvgIpc) is 2.66. The fourth-order valence-corrected chi connectivity index (χ4v) is 4.97. The molecule has 0 aliphatic carbocycles. The molecule has 2 aromatic rings. The lowest BCUT2D eigenvalue weighted by Crippen LogP contribution is -2.48. The van der Waals surface area contributed by atoms with Crippen molar-refractivity contribution in [3.05, 3.63) is 58.1 Å². The largest absolute Gasteiger partial charge is 0.369 e. The van der Waals surface area contributed by atoms with Crippen LogP contribution in [0.15, 0.2) is 47.4 Å². The third-order valence-electron chi connectivity index (χ3n) is 4.72. The van der Waals surface area contributed by atoms with Gasteiger partial charge >= 0.3 is 0 Å². The third-order valence-corrected chi connectivity index (χ3v) is 7.05. The fourth-order valence-electron chi connectivity index (χ4n) is 3.12. The normalized spacial score (nSPS) is 15.9. The Hall–Kier alpha value is -1.31. The molecule has 0 unspecified atom stereocenters. The molecule has 0 amide bonds. The zero-order valence-corrected chi connectivity index (χ0v) is 17.5. The Balaban J connectivity index is 1.51. The zero-order valence-electron chi connectivity index (χ0n) is 15.2. The first-order chi connectivity index (χ1) is 12.9. The van der Waals surface area contributed by atoms with Crippen LogP contribution in [0.4, 0.5) is 5.69 Å². The van der Waals surface area contributed by atoms with Gasteiger partial charge in [0.05, 0.1) is 5.02 Å².